The van der Waals surface area contributed by atoms with Gasteiger partial charge in [-0.15, -0.1) is 0 Å². The van der Waals surface area contributed by atoms with Gasteiger partial charge in [-0.25, -0.2) is 0 Å². The molecule has 1 saturated heterocycles. The summed E-state index contributed by atoms with van der Waals surface area (Å²) in [4.78, 5) is 18.2. The zero-order valence-electron chi connectivity index (χ0n) is 15.1. The predicted molar refractivity (Wildman–Crippen MR) is 110 cm³/mol. The van der Waals surface area contributed by atoms with E-state index in [1.807, 2.05) is 35.0 Å². The number of aryl methyl sites for hydroxylation is 1. The lowest BCUT2D eigenvalue weighted by Crippen LogP contribution is -2.34. The van der Waals surface area contributed by atoms with Crippen molar-refractivity contribution in [2.75, 3.05) is 18.8 Å². The molecule has 4 rings (SSSR count). The molecule has 1 aliphatic heterocycles. The molecule has 0 aliphatic carbocycles. The average Bonchev–Trinajstić information content (AvgIpc) is 2.90. The standard InChI is InChI=1S/C22H24N2OS/c1-16-6-2-3-7-18(16)21-10-11-24(12-13-26-21)22(25)14-17-15-23-20-9-5-4-8-19(17)20/h2-9,15,21,23H,10-14H2,1H3/t21-/m1/s1. The number of thioether (sulfide) groups is 1. The molecule has 0 unspecified atom stereocenters. The van der Waals surface area contributed by atoms with E-state index in [1.54, 1.807) is 0 Å². The average molecular weight is 365 g/mol. The third-order valence-electron chi connectivity index (χ3n) is 5.25. The van der Waals surface area contributed by atoms with Crippen molar-refractivity contribution >= 4 is 28.6 Å². The van der Waals surface area contributed by atoms with Crippen LogP contribution >= 0.6 is 11.8 Å². The molecule has 134 valence electrons. The summed E-state index contributed by atoms with van der Waals surface area (Å²) in [6, 6.07) is 16.8. The molecule has 1 amide bonds. The number of H-pyrrole nitrogens is 1. The molecule has 1 aliphatic rings. The lowest BCUT2D eigenvalue weighted by atomic mass is 10.0. The summed E-state index contributed by atoms with van der Waals surface area (Å²) in [5, 5.41) is 1.64. The SMILES string of the molecule is Cc1ccccc1[C@H]1CCN(C(=O)Cc2c[nH]c3ccccc23)CCS1. The van der Waals surface area contributed by atoms with Crippen molar-refractivity contribution < 1.29 is 4.79 Å². The van der Waals surface area contributed by atoms with Gasteiger partial charge in [0.05, 0.1) is 6.42 Å². The van der Waals surface area contributed by atoms with E-state index in [2.05, 4.69) is 48.3 Å². The first-order valence-electron chi connectivity index (χ1n) is 9.22. The number of carbonyl (C=O) groups excluding carboxylic acids is 1. The van der Waals surface area contributed by atoms with Crippen molar-refractivity contribution in [3.05, 3.63) is 71.4 Å². The van der Waals surface area contributed by atoms with E-state index in [0.717, 1.165) is 41.7 Å². The van der Waals surface area contributed by atoms with Gasteiger partial charge in [0.25, 0.3) is 0 Å². The molecule has 4 heteroatoms. The number of nitrogens with one attached hydrogen (secondary N) is 1. The largest absolute Gasteiger partial charge is 0.361 e. The van der Waals surface area contributed by atoms with Crippen LogP contribution in [0.5, 0.6) is 0 Å². The fourth-order valence-electron chi connectivity index (χ4n) is 3.77. The van der Waals surface area contributed by atoms with E-state index in [0.29, 0.717) is 11.7 Å². The monoisotopic (exact) mass is 364 g/mol. The van der Waals surface area contributed by atoms with Crippen molar-refractivity contribution in [1.29, 1.82) is 0 Å². The molecule has 3 aromatic rings. The Hall–Kier alpha value is -2.20. The fourth-order valence-corrected chi connectivity index (χ4v) is 5.10. The fraction of sp³-hybridized carbons (Fsp3) is 0.318. The Morgan fingerprint density at radius 3 is 2.85 bits per heavy atom. The van der Waals surface area contributed by atoms with Crippen molar-refractivity contribution in [2.45, 2.75) is 25.0 Å². The number of aromatic amines is 1. The molecule has 0 radical (unpaired) electrons. The molecular formula is C22H24N2OS. The van der Waals surface area contributed by atoms with Crippen LogP contribution in [0.1, 0.15) is 28.4 Å². The molecule has 0 spiro atoms. The van der Waals surface area contributed by atoms with Gasteiger partial charge >= 0.3 is 0 Å². The highest BCUT2D eigenvalue weighted by molar-refractivity contribution is 7.99. The Bertz CT molecular complexity index is 917. The molecule has 26 heavy (non-hydrogen) atoms. The summed E-state index contributed by atoms with van der Waals surface area (Å²) in [5.74, 6) is 1.24. The second-order valence-corrected chi connectivity index (χ2v) is 8.23. The van der Waals surface area contributed by atoms with Gasteiger partial charge in [-0.2, -0.15) is 11.8 Å². The number of benzene rings is 2. The smallest absolute Gasteiger partial charge is 0.227 e. The molecular weight excluding hydrogens is 340 g/mol. The van der Waals surface area contributed by atoms with Crippen molar-refractivity contribution in [3.63, 3.8) is 0 Å². The van der Waals surface area contributed by atoms with Crippen LogP contribution in [0.4, 0.5) is 0 Å². The number of hydrogen-bond donors (Lipinski definition) is 1. The van der Waals surface area contributed by atoms with Crippen molar-refractivity contribution in [1.82, 2.24) is 9.88 Å². The van der Waals surface area contributed by atoms with Gasteiger partial charge < -0.3 is 9.88 Å². The van der Waals surface area contributed by atoms with Crippen LogP contribution in [-0.2, 0) is 11.2 Å². The van der Waals surface area contributed by atoms with Gasteiger partial charge in [-0.3, -0.25) is 4.79 Å². The lowest BCUT2D eigenvalue weighted by Gasteiger charge is -2.20. The summed E-state index contributed by atoms with van der Waals surface area (Å²) in [6.45, 7) is 3.86. The third kappa shape index (κ3) is 3.51. The number of para-hydroxylation sites is 1. The van der Waals surface area contributed by atoms with Gasteiger partial charge in [-0.05, 0) is 36.1 Å². The summed E-state index contributed by atoms with van der Waals surface area (Å²) >= 11 is 1.98. The summed E-state index contributed by atoms with van der Waals surface area (Å²) in [7, 11) is 0. The minimum Gasteiger partial charge on any atom is -0.361 e. The number of nitrogens with zero attached hydrogens (tertiary/aromatic N) is 1. The normalized spacial score (nSPS) is 18.0. The highest BCUT2D eigenvalue weighted by Crippen LogP contribution is 2.36. The van der Waals surface area contributed by atoms with E-state index >= 15 is 0 Å². The molecule has 1 aromatic heterocycles. The third-order valence-corrected chi connectivity index (χ3v) is 6.56. The first-order valence-corrected chi connectivity index (χ1v) is 10.3. The van der Waals surface area contributed by atoms with Crippen LogP contribution in [0, 0.1) is 6.92 Å². The summed E-state index contributed by atoms with van der Waals surface area (Å²) < 4.78 is 0. The molecule has 1 N–H and O–H groups in total. The zero-order valence-corrected chi connectivity index (χ0v) is 15.9. The maximum absolute atomic E-state index is 12.9. The predicted octanol–water partition coefficient (Wildman–Crippen LogP) is 4.73. The highest BCUT2D eigenvalue weighted by Gasteiger charge is 2.23. The minimum atomic E-state index is 0.237. The van der Waals surface area contributed by atoms with Gasteiger partial charge in [0, 0.05) is 41.2 Å². The summed E-state index contributed by atoms with van der Waals surface area (Å²) in [5.41, 5.74) is 4.96. The Morgan fingerprint density at radius 1 is 1.15 bits per heavy atom. The van der Waals surface area contributed by atoms with E-state index in [-0.39, 0.29) is 5.91 Å². The quantitative estimate of drug-likeness (QED) is 0.730. The van der Waals surface area contributed by atoms with Gasteiger partial charge in [0.2, 0.25) is 5.91 Å². The number of amides is 1. The zero-order chi connectivity index (χ0) is 17.9. The molecule has 2 aromatic carbocycles. The van der Waals surface area contributed by atoms with Crippen LogP contribution in [-0.4, -0.2) is 34.6 Å². The maximum Gasteiger partial charge on any atom is 0.227 e. The van der Waals surface area contributed by atoms with Crippen LogP contribution in [0.25, 0.3) is 10.9 Å². The number of aromatic nitrogens is 1. The number of carbonyl (C=O) groups is 1. The Labute approximate surface area is 158 Å². The number of rotatable bonds is 3. The number of hydrogen-bond acceptors (Lipinski definition) is 2. The van der Waals surface area contributed by atoms with E-state index in [9.17, 15) is 4.79 Å². The Kier molecular flexibility index (Phi) is 5.02. The first-order chi connectivity index (χ1) is 12.7. The van der Waals surface area contributed by atoms with E-state index in [4.69, 9.17) is 0 Å². The Balaban J connectivity index is 1.44. The molecule has 0 saturated carbocycles. The molecule has 2 heterocycles. The van der Waals surface area contributed by atoms with Gasteiger partial charge in [0.1, 0.15) is 0 Å². The van der Waals surface area contributed by atoms with Crippen LogP contribution < -0.4 is 0 Å². The van der Waals surface area contributed by atoms with Crippen LogP contribution in [0.2, 0.25) is 0 Å². The van der Waals surface area contributed by atoms with Crippen LogP contribution in [0.15, 0.2) is 54.7 Å². The maximum atomic E-state index is 12.9. The van der Waals surface area contributed by atoms with E-state index in [1.165, 1.54) is 11.1 Å². The minimum absolute atomic E-state index is 0.237. The highest BCUT2D eigenvalue weighted by atomic mass is 32.2. The van der Waals surface area contributed by atoms with Crippen molar-refractivity contribution in [2.24, 2.45) is 0 Å². The van der Waals surface area contributed by atoms with E-state index < -0.39 is 0 Å². The lowest BCUT2D eigenvalue weighted by molar-refractivity contribution is -0.130. The molecule has 3 nitrogen and oxygen atoms in total. The Morgan fingerprint density at radius 2 is 1.96 bits per heavy atom. The molecule has 1 atom stereocenters. The van der Waals surface area contributed by atoms with Gasteiger partial charge in [-0.1, -0.05) is 42.5 Å². The van der Waals surface area contributed by atoms with Gasteiger partial charge in [0.15, 0.2) is 0 Å². The molecule has 1 fully saturated rings. The van der Waals surface area contributed by atoms with Crippen molar-refractivity contribution in [3.8, 4) is 0 Å². The summed E-state index contributed by atoms with van der Waals surface area (Å²) in [6.07, 6.45) is 3.48. The molecule has 0 bridgehead atoms. The second-order valence-electron chi connectivity index (χ2n) is 6.92. The first kappa shape index (κ1) is 17.2. The topological polar surface area (TPSA) is 36.1 Å². The number of fused-ring (bicyclic) bond motifs is 1. The second kappa shape index (κ2) is 7.58. The van der Waals surface area contributed by atoms with Crippen LogP contribution in [0.3, 0.4) is 0 Å².